The molecule has 4 heteroatoms. The van der Waals surface area contributed by atoms with Gasteiger partial charge in [0.25, 0.3) is 0 Å². The first-order valence-electron chi connectivity index (χ1n) is 7.11. The number of aryl methyl sites for hydroxylation is 1. The molecule has 0 unspecified atom stereocenters. The van der Waals surface area contributed by atoms with E-state index in [0.29, 0.717) is 6.54 Å². The highest BCUT2D eigenvalue weighted by Crippen LogP contribution is 2.31. The Morgan fingerprint density at radius 2 is 2.00 bits per heavy atom. The quantitative estimate of drug-likeness (QED) is 0.783. The molecule has 0 saturated carbocycles. The van der Waals surface area contributed by atoms with Gasteiger partial charge in [0.2, 0.25) is 0 Å². The Kier molecular flexibility index (Phi) is 4.22. The molecule has 0 spiro atoms. The summed E-state index contributed by atoms with van der Waals surface area (Å²) >= 11 is 1.65. The van der Waals surface area contributed by atoms with E-state index in [1.165, 1.54) is 0 Å². The minimum atomic E-state index is 0.545. The van der Waals surface area contributed by atoms with Crippen LogP contribution < -0.4 is 10.5 Å². The van der Waals surface area contributed by atoms with Gasteiger partial charge in [-0.05, 0) is 42.3 Å². The fourth-order valence-electron chi connectivity index (χ4n) is 2.41. The first-order valence-corrected chi connectivity index (χ1v) is 7.99. The lowest BCUT2D eigenvalue weighted by Crippen LogP contribution is -1.95. The van der Waals surface area contributed by atoms with Crippen molar-refractivity contribution in [2.45, 2.75) is 13.5 Å². The van der Waals surface area contributed by atoms with E-state index in [-0.39, 0.29) is 0 Å². The maximum Gasteiger partial charge on any atom is 0.124 e. The molecule has 0 radical (unpaired) electrons. The molecule has 0 amide bonds. The second kappa shape index (κ2) is 6.30. The molecule has 2 aromatic carbocycles. The third-order valence-corrected chi connectivity index (χ3v) is 4.50. The van der Waals surface area contributed by atoms with Crippen LogP contribution in [0.15, 0.2) is 47.8 Å². The zero-order valence-electron chi connectivity index (χ0n) is 12.7. The highest BCUT2D eigenvalue weighted by molar-refractivity contribution is 7.13. The largest absolute Gasteiger partial charge is 0.496 e. The van der Waals surface area contributed by atoms with Crippen molar-refractivity contribution in [1.82, 2.24) is 4.98 Å². The van der Waals surface area contributed by atoms with Gasteiger partial charge in [-0.3, -0.25) is 0 Å². The van der Waals surface area contributed by atoms with Gasteiger partial charge in [-0.2, -0.15) is 0 Å². The standard InChI is InChI=1S/C18H18N2OS/c1-12-8-14(6-7-17(12)21-2)16-11-22-18(20-16)15-5-3-4-13(9-15)10-19/h3-9,11H,10,19H2,1-2H3. The normalized spacial score (nSPS) is 10.7. The summed E-state index contributed by atoms with van der Waals surface area (Å²) in [5.41, 5.74) is 11.2. The molecule has 3 aromatic rings. The zero-order chi connectivity index (χ0) is 15.5. The lowest BCUT2D eigenvalue weighted by molar-refractivity contribution is 0.412. The summed E-state index contributed by atoms with van der Waals surface area (Å²) < 4.78 is 5.31. The SMILES string of the molecule is COc1ccc(-c2csc(-c3cccc(CN)c3)n2)cc1C. The number of ether oxygens (including phenoxy) is 1. The fraction of sp³-hybridized carbons (Fsp3) is 0.167. The fourth-order valence-corrected chi connectivity index (χ4v) is 3.23. The smallest absolute Gasteiger partial charge is 0.124 e. The van der Waals surface area contributed by atoms with Crippen molar-refractivity contribution in [3.05, 3.63) is 59.0 Å². The van der Waals surface area contributed by atoms with Crippen molar-refractivity contribution in [2.75, 3.05) is 7.11 Å². The molecule has 0 atom stereocenters. The van der Waals surface area contributed by atoms with Crippen molar-refractivity contribution >= 4 is 11.3 Å². The number of thiazole rings is 1. The Balaban J connectivity index is 1.94. The molecule has 1 heterocycles. The number of hydrogen-bond acceptors (Lipinski definition) is 4. The summed E-state index contributed by atoms with van der Waals surface area (Å²) in [7, 11) is 1.69. The molecular formula is C18H18N2OS. The number of rotatable bonds is 4. The van der Waals surface area contributed by atoms with Crippen molar-refractivity contribution < 1.29 is 4.74 Å². The van der Waals surface area contributed by atoms with Crippen LogP contribution in [0.1, 0.15) is 11.1 Å². The maximum atomic E-state index is 5.71. The number of nitrogens with two attached hydrogens (primary N) is 1. The summed E-state index contributed by atoms with van der Waals surface area (Å²) in [5, 5.41) is 3.10. The topological polar surface area (TPSA) is 48.1 Å². The van der Waals surface area contributed by atoms with E-state index in [4.69, 9.17) is 15.5 Å². The summed E-state index contributed by atoms with van der Waals surface area (Å²) in [5.74, 6) is 0.898. The van der Waals surface area contributed by atoms with Crippen molar-refractivity contribution in [3.8, 4) is 27.6 Å². The molecule has 0 fully saturated rings. The van der Waals surface area contributed by atoms with Crippen molar-refractivity contribution in [2.24, 2.45) is 5.73 Å². The summed E-state index contributed by atoms with van der Waals surface area (Å²) in [6.45, 7) is 2.59. The molecular weight excluding hydrogens is 292 g/mol. The van der Waals surface area contributed by atoms with Gasteiger partial charge < -0.3 is 10.5 Å². The Bertz CT molecular complexity index is 795. The first kappa shape index (κ1) is 14.8. The molecule has 3 nitrogen and oxygen atoms in total. The van der Waals surface area contributed by atoms with E-state index in [1.54, 1.807) is 18.4 Å². The Morgan fingerprint density at radius 3 is 2.73 bits per heavy atom. The molecule has 112 valence electrons. The number of aromatic nitrogens is 1. The molecule has 3 rings (SSSR count). The molecule has 1 aromatic heterocycles. The molecule has 0 aliphatic heterocycles. The maximum absolute atomic E-state index is 5.71. The van der Waals surface area contributed by atoms with Gasteiger partial charge in [-0.1, -0.05) is 18.2 Å². The predicted molar refractivity (Wildman–Crippen MR) is 92.2 cm³/mol. The van der Waals surface area contributed by atoms with E-state index in [9.17, 15) is 0 Å². The number of methoxy groups -OCH3 is 1. The van der Waals surface area contributed by atoms with Crippen LogP contribution in [0.5, 0.6) is 5.75 Å². The second-order valence-electron chi connectivity index (χ2n) is 5.13. The minimum absolute atomic E-state index is 0.545. The molecule has 0 aliphatic carbocycles. The van der Waals surface area contributed by atoms with E-state index >= 15 is 0 Å². The van der Waals surface area contributed by atoms with Crippen LogP contribution in [0.2, 0.25) is 0 Å². The second-order valence-corrected chi connectivity index (χ2v) is 5.98. The number of benzene rings is 2. The predicted octanol–water partition coefficient (Wildman–Crippen LogP) is 4.25. The summed E-state index contributed by atoms with van der Waals surface area (Å²) in [6, 6.07) is 14.4. The Labute approximate surface area is 134 Å². The number of nitrogens with zero attached hydrogens (tertiary/aromatic N) is 1. The van der Waals surface area contributed by atoms with Crippen LogP contribution in [0, 0.1) is 6.92 Å². The van der Waals surface area contributed by atoms with Crippen LogP contribution in [-0.2, 0) is 6.54 Å². The Hall–Kier alpha value is -2.17. The van der Waals surface area contributed by atoms with Crippen LogP contribution >= 0.6 is 11.3 Å². The van der Waals surface area contributed by atoms with Crippen LogP contribution in [0.3, 0.4) is 0 Å². The lowest BCUT2D eigenvalue weighted by Gasteiger charge is -2.05. The van der Waals surface area contributed by atoms with E-state index in [1.807, 2.05) is 31.2 Å². The third-order valence-electron chi connectivity index (χ3n) is 3.60. The van der Waals surface area contributed by atoms with E-state index < -0.39 is 0 Å². The highest BCUT2D eigenvalue weighted by Gasteiger charge is 2.08. The van der Waals surface area contributed by atoms with Gasteiger partial charge in [-0.15, -0.1) is 11.3 Å². The Morgan fingerprint density at radius 1 is 1.14 bits per heavy atom. The molecule has 22 heavy (non-hydrogen) atoms. The van der Waals surface area contributed by atoms with Crippen molar-refractivity contribution in [3.63, 3.8) is 0 Å². The third kappa shape index (κ3) is 2.89. The highest BCUT2D eigenvalue weighted by atomic mass is 32.1. The molecule has 2 N–H and O–H groups in total. The summed E-state index contributed by atoms with van der Waals surface area (Å²) in [6.07, 6.45) is 0. The van der Waals surface area contributed by atoms with Gasteiger partial charge >= 0.3 is 0 Å². The van der Waals surface area contributed by atoms with Crippen molar-refractivity contribution in [1.29, 1.82) is 0 Å². The summed E-state index contributed by atoms with van der Waals surface area (Å²) in [4.78, 5) is 4.76. The van der Waals surface area contributed by atoms with Gasteiger partial charge in [0, 0.05) is 23.1 Å². The van der Waals surface area contributed by atoms with E-state index in [0.717, 1.165) is 38.7 Å². The first-order chi connectivity index (χ1) is 10.7. The van der Waals surface area contributed by atoms with Gasteiger partial charge in [-0.25, -0.2) is 4.98 Å². The van der Waals surface area contributed by atoms with Gasteiger partial charge in [0.15, 0.2) is 0 Å². The van der Waals surface area contributed by atoms with E-state index in [2.05, 4.69) is 23.6 Å². The minimum Gasteiger partial charge on any atom is -0.496 e. The average molecular weight is 310 g/mol. The molecule has 0 bridgehead atoms. The lowest BCUT2D eigenvalue weighted by atomic mass is 10.1. The molecule has 0 aliphatic rings. The van der Waals surface area contributed by atoms with Gasteiger partial charge in [0.1, 0.15) is 10.8 Å². The monoisotopic (exact) mass is 310 g/mol. The number of hydrogen-bond donors (Lipinski definition) is 1. The molecule has 0 saturated heterocycles. The van der Waals surface area contributed by atoms with Crippen LogP contribution in [0.25, 0.3) is 21.8 Å². The van der Waals surface area contributed by atoms with Gasteiger partial charge in [0.05, 0.1) is 12.8 Å². The average Bonchev–Trinajstić information content (AvgIpc) is 3.05. The zero-order valence-corrected chi connectivity index (χ0v) is 13.5. The van der Waals surface area contributed by atoms with Crippen LogP contribution in [0.4, 0.5) is 0 Å². The van der Waals surface area contributed by atoms with Crippen LogP contribution in [-0.4, -0.2) is 12.1 Å².